The highest BCUT2D eigenvalue weighted by atomic mass is 32.2. The molecule has 3 nitrogen and oxygen atoms in total. The molecule has 84 valence electrons. The first kappa shape index (κ1) is 11.4. The van der Waals surface area contributed by atoms with Crippen molar-refractivity contribution in [2.24, 2.45) is 0 Å². The Labute approximate surface area is 98.6 Å². The Kier molecular flexibility index (Phi) is 3.33. The molecule has 15 heavy (non-hydrogen) atoms. The van der Waals surface area contributed by atoms with Crippen LogP contribution in [-0.2, 0) is 4.74 Å². The highest BCUT2D eigenvalue weighted by Gasteiger charge is 2.31. The van der Waals surface area contributed by atoms with Crippen LogP contribution in [0.3, 0.4) is 0 Å². The molecule has 5 heteroatoms. The van der Waals surface area contributed by atoms with E-state index in [2.05, 4.69) is 24.0 Å². The normalized spacial score (nSPS) is 24.6. The van der Waals surface area contributed by atoms with Crippen LogP contribution < -0.4 is 0 Å². The van der Waals surface area contributed by atoms with E-state index in [1.807, 2.05) is 6.92 Å². The summed E-state index contributed by atoms with van der Waals surface area (Å²) in [5.41, 5.74) is 0.0717. The number of nitrogens with zero attached hydrogens (tertiary/aromatic N) is 2. The maximum atomic E-state index is 5.91. The van der Waals surface area contributed by atoms with Gasteiger partial charge in [-0.25, -0.2) is 0 Å². The van der Waals surface area contributed by atoms with Gasteiger partial charge in [-0.15, -0.1) is 10.2 Å². The topological polar surface area (TPSA) is 35.0 Å². The van der Waals surface area contributed by atoms with Crippen LogP contribution in [0.2, 0.25) is 0 Å². The minimum atomic E-state index is 0.0717. The number of ether oxygens (including phenoxy) is 1. The van der Waals surface area contributed by atoms with Crippen molar-refractivity contribution in [1.29, 1.82) is 0 Å². The lowest BCUT2D eigenvalue weighted by molar-refractivity contribution is -0.00466. The molecule has 0 saturated carbocycles. The van der Waals surface area contributed by atoms with Crippen molar-refractivity contribution in [2.75, 3.05) is 5.75 Å². The van der Waals surface area contributed by atoms with E-state index in [1.165, 1.54) is 0 Å². The van der Waals surface area contributed by atoms with Gasteiger partial charge in [0.25, 0.3) is 0 Å². The second-order valence-corrected chi connectivity index (χ2v) is 6.88. The molecule has 0 spiro atoms. The summed E-state index contributed by atoms with van der Waals surface area (Å²) in [7, 11) is 0. The van der Waals surface area contributed by atoms with Crippen LogP contribution in [0.1, 0.15) is 31.7 Å². The van der Waals surface area contributed by atoms with Crippen LogP contribution in [0.25, 0.3) is 0 Å². The molecule has 0 bridgehead atoms. The third kappa shape index (κ3) is 3.16. The minimum Gasteiger partial charge on any atom is -0.371 e. The SMILES string of the molecule is Cc1nnc(SC[C@@H]2CCC(C)(C)O2)s1. The van der Waals surface area contributed by atoms with Crippen molar-refractivity contribution >= 4 is 23.1 Å². The Hall–Kier alpha value is -0.130. The average Bonchev–Trinajstić information content (AvgIpc) is 2.69. The molecule has 0 aromatic carbocycles. The molecule has 1 aliphatic rings. The first-order valence-corrected chi connectivity index (χ1v) is 6.96. The maximum Gasteiger partial charge on any atom is 0.174 e. The molecule has 2 heterocycles. The molecule has 0 radical (unpaired) electrons. The fraction of sp³-hybridized carbons (Fsp3) is 0.800. The molecular weight excluding hydrogens is 228 g/mol. The Morgan fingerprint density at radius 3 is 2.87 bits per heavy atom. The number of aryl methyl sites for hydroxylation is 1. The average molecular weight is 244 g/mol. The van der Waals surface area contributed by atoms with Gasteiger partial charge >= 0.3 is 0 Å². The molecule has 1 atom stereocenters. The molecule has 1 aliphatic heterocycles. The predicted octanol–water partition coefficient (Wildman–Crippen LogP) is 2.90. The quantitative estimate of drug-likeness (QED) is 0.766. The third-order valence-corrected chi connectivity index (χ3v) is 4.56. The Bertz CT molecular complexity index is 338. The van der Waals surface area contributed by atoms with Crippen molar-refractivity contribution in [3.8, 4) is 0 Å². The van der Waals surface area contributed by atoms with Gasteiger partial charge in [0.05, 0.1) is 11.7 Å². The van der Waals surface area contributed by atoms with E-state index in [-0.39, 0.29) is 5.60 Å². The van der Waals surface area contributed by atoms with Crippen molar-refractivity contribution in [3.63, 3.8) is 0 Å². The van der Waals surface area contributed by atoms with E-state index in [1.54, 1.807) is 23.1 Å². The number of hydrogen-bond acceptors (Lipinski definition) is 5. The lowest BCUT2D eigenvalue weighted by Gasteiger charge is -2.18. The first-order valence-electron chi connectivity index (χ1n) is 5.16. The molecule has 0 N–H and O–H groups in total. The van der Waals surface area contributed by atoms with E-state index in [4.69, 9.17) is 4.74 Å². The van der Waals surface area contributed by atoms with Crippen molar-refractivity contribution in [1.82, 2.24) is 10.2 Å². The zero-order valence-electron chi connectivity index (χ0n) is 9.32. The monoisotopic (exact) mass is 244 g/mol. The summed E-state index contributed by atoms with van der Waals surface area (Å²) < 4.78 is 6.97. The van der Waals surface area contributed by atoms with Crippen LogP contribution in [0, 0.1) is 6.92 Å². The smallest absolute Gasteiger partial charge is 0.174 e. The van der Waals surface area contributed by atoms with Gasteiger partial charge in [-0.2, -0.15) is 0 Å². The Morgan fingerprint density at radius 2 is 2.33 bits per heavy atom. The van der Waals surface area contributed by atoms with Crippen LogP contribution in [0.4, 0.5) is 0 Å². The number of rotatable bonds is 3. The molecule has 0 amide bonds. The van der Waals surface area contributed by atoms with Crippen LogP contribution in [0.15, 0.2) is 4.34 Å². The van der Waals surface area contributed by atoms with Gasteiger partial charge in [0.1, 0.15) is 5.01 Å². The van der Waals surface area contributed by atoms with E-state index in [0.29, 0.717) is 6.10 Å². The van der Waals surface area contributed by atoms with E-state index in [0.717, 1.165) is 27.9 Å². The van der Waals surface area contributed by atoms with Gasteiger partial charge in [-0.3, -0.25) is 0 Å². The fourth-order valence-electron chi connectivity index (χ4n) is 1.70. The highest BCUT2D eigenvalue weighted by molar-refractivity contribution is 8.01. The highest BCUT2D eigenvalue weighted by Crippen LogP contribution is 2.33. The van der Waals surface area contributed by atoms with Gasteiger partial charge in [-0.05, 0) is 33.6 Å². The molecule has 1 saturated heterocycles. The summed E-state index contributed by atoms with van der Waals surface area (Å²) >= 11 is 3.42. The first-order chi connectivity index (χ1) is 7.05. The summed E-state index contributed by atoms with van der Waals surface area (Å²) in [6, 6.07) is 0. The lowest BCUT2D eigenvalue weighted by Crippen LogP contribution is -2.20. The van der Waals surface area contributed by atoms with Crippen molar-refractivity contribution in [3.05, 3.63) is 5.01 Å². The predicted molar refractivity (Wildman–Crippen MR) is 63.6 cm³/mol. The minimum absolute atomic E-state index is 0.0717. The van der Waals surface area contributed by atoms with E-state index < -0.39 is 0 Å². The summed E-state index contributed by atoms with van der Waals surface area (Å²) in [6.45, 7) is 6.30. The van der Waals surface area contributed by atoms with Crippen LogP contribution in [-0.4, -0.2) is 27.7 Å². The molecule has 1 aromatic heterocycles. The fourth-order valence-corrected chi connectivity index (χ4v) is 3.58. The van der Waals surface area contributed by atoms with Gasteiger partial charge in [-0.1, -0.05) is 23.1 Å². The molecule has 1 aromatic rings. The van der Waals surface area contributed by atoms with Crippen molar-refractivity contribution < 1.29 is 4.74 Å². The Balaban J connectivity index is 1.80. The number of aromatic nitrogens is 2. The van der Waals surface area contributed by atoms with E-state index in [9.17, 15) is 0 Å². The molecule has 1 fully saturated rings. The largest absolute Gasteiger partial charge is 0.371 e. The van der Waals surface area contributed by atoms with Crippen LogP contribution >= 0.6 is 23.1 Å². The van der Waals surface area contributed by atoms with Gasteiger partial charge in [0.2, 0.25) is 0 Å². The van der Waals surface area contributed by atoms with E-state index >= 15 is 0 Å². The molecule has 0 aliphatic carbocycles. The maximum absolute atomic E-state index is 5.91. The second-order valence-electron chi connectivity index (χ2n) is 4.44. The van der Waals surface area contributed by atoms with Gasteiger partial charge in [0.15, 0.2) is 4.34 Å². The molecule has 2 rings (SSSR count). The van der Waals surface area contributed by atoms with Crippen molar-refractivity contribution in [2.45, 2.75) is 49.7 Å². The summed E-state index contributed by atoms with van der Waals surface area (Å²) in [6.07, 6.45) is 2.71. The second kappa shape index (κ2) is 4.39. The zero-order chi connectivity index (χ0) is 10.9. The summed E-state index contributed by atoms with van der Waals surface area (Å²) in [5.74, 6) is 0.998. The third-order valence-electron chi connectivity index (χ3n) is 2.45. The standard InChI is InChI=1S/C10H16N2OS2/c1-7-11-12-9(15-7)14-6-8-4-5-10(2,3)13-8/h8H,4-6H2,1-3H3/t8-/m0/s1. The lowest BCUT2D eigenvalue weighted by atomic mass is 10.1. The molecular formula is C10H16N2OS2. The Morgan fingerprint density at radius 1 is 1.53 bits per heavy atom. The summed E-state index contributed by atoms with van der Waals surface area (Å²) in [4.78, 5) is 0. The molecule has 0 unspecified atom stereocenters. The summed E-state index contributed by atoms with van der Waals surface area (Å²) in [5, 5.41) is 9.12. The number of thioether (sulfide) groups is 1. The van der Waals surface area contributed by atoms with Crippen LogP contribution in [0.5, 0.6) is 0 Å². The number of hydrogen-bond donors (Lipinski definition) is 0. The zero-order valence-corrected chi connectivity index (χ0v) is 11.0. The van der Waals surface area contributed by atoms with Gasteiger partial charge < -0.3 is 4.74 Å². The van der Waals surface area contributed by atoms with Gasteiger partial charge in [0, 0.05) is 5.75 Å².